The van der Waals surface area contributed by atoms with Gasteiger partial charge in [0.2, 0.25) is 0 Å². The van der Waals surface area contributed by atoms with Gasteiger partial charge in [0.05, 0.1) is 0 Å². The lowest BCUT2D eigenvalue weighted by molar-refractivity contribution is 1.46. The van der Waals surface area contributed by atoms with Gasteiger partial charge >= 0.3 is 0 Å². The van der Waals surface area contributed by atoms with Crippen molar-refractivity contribution < 1.29 is 0 Å². The second kappa shape index (κ2) is 4.87. The first-order valence-corrected chi connectivity index (χ1v) is 7.23. The number of hydrogen-bond donors (Lipinski definition) is 0. The summed E-state index contributed by atoms with van der Waals surface area (Å²) < 4.78 is 0. The van der Waals surface area contributed by atoms with Gasteiger partial charge in [0, 0.05) is 4.90 Å². The third kappa shape index (κ3) is 2.02. The van der Waals surface area contributed by atoms with Crippen molar-refractivity contribution >= 4 is 22.5 Å². The van der Waals surface area contributed by atoms with Gasteiger partial charge in [-0.25, -0.2) is 0 Å². The number of thioether (sulfide) groups is 1. The Balaban J connectivity index is 2.24. The Bertz CT molecular complexity index is 681. The molecule has 0 heterocycles. The fourth-order valence-electron chi connectivity index (χ4n) is 2.27. The minimum absolute atomic E-state index is 1.29. The SMILES string of the molecule is CSc1cccc(-c2cccc3ccccc23)c1. The van der Waals surface area contributed by atoms with Crippen LogP contribution < -0.4 is 0 Å². The maximum atomic E-state index is 2.26. The van der Waals surface area contributed by atoms with E-state index in [0.29, 0.717) is 0 Å². The van der Waals surface area contributed by atoms with Crippen LogP contribution in [0.2, 0.25) is 0 Å². The van der Waals surface area contributed by atoms with E-state index < -0.39 is 0 Å². The number of fused-ring (bicyclic) bond motifs is 1. The van der Waals surface area contributed by atoms with Gasteiger partial charge in [0.15, 0.2) is 0 Å². The fraction of sp³-hybridized carbons (Fsp3) is 0.0588. The zero-order chi connectivity index (χ0) is 12.4. The summed E-state index contributed by atoms with van der Waals surface area (Å²) >= 11 is 1.78. The minimum Gasteiger partial charge on any atom is -0.130 e. The third-order valence-corrected chi connectivity index (χ3v) is 3.90. The summed E-state index contributed by atoms with van der Waals surface area (Å²) in [5.41, 5.74) is 2.60. The Hall–Kier alpha value is -1.73. The van der Waals surface area contributed by atoms with Crippen LogP contribution in [0.4, 0.5) is 0 Å². The molecule has 0 aliphatic rings. The maximum absolute atomic E-state index is 2.26. The van der Waals surface area contributed by atoms with E-state index in [4.69, 9.17) is 0 Å². The highest BCUT2D eigenvalue weighted by molar-refractivity contribution is 7.98. The zero-order valence-electron chi connectivity index (χ0n) is 10.3. The van der Waals surface area contributed by atoms with E-state index in [-0.39, 0.29) is 0 Å². The summed E-state index contributed by atoms with van der Waals surface area (Å²) in [5.74, 6) is 0. The first kappa shape index (κ1) is 11.4. The van der Waals surface area contributed by atoms with Crippen molar-refractivity contribution in [1.82, 2.24) is 0 Å². The Morgan fingerprint density at radius 3 is 2.44 bits per heavy atom. The van der Waals surface area contributed by atoms with Crippen LogP contribution in [0, 0.1) is 0 Å². The maximum Gasteiger partial charge on any atom is 0.00753 e. The largest absolute Gasteiger partial charge is 0.130 e. The number of benzene rings is 3. The smallest absolute Gasteiger partial charge is 0.00753 e. The van der Waals surface area contributed by atoms with Crippen molar-refractivity contribution in [3.63, 3.8) is 0 Å². The summed E-state index contributed by atoms with van der Waals surface area (Å²) in [7, 11) is 0. The van der Waals surface area contributed by atoms with Crippen LogP contribution in [0.15, 0.2) is 71.6 Å². The summed E-state index contributed by atoms with van der Waals surface area (Å²) in [6.07, 6.45) is 2.11. The van der Waals surface area contributed by atoms with Gasteiger partial charge < -0.3 is 0 Å². The molecule has 0 spiro atoms. The molecule has 0 amide bonds. The van der Waals surface area contributed by atoms with E-state index in [1.165, 1.54) is 26.8 Å². The molecule has 0 nitrogen and oxygen atoms in total. The minimum atomic E-state index is 1.29. The van der Waals surface area contributed by atoms with Crippen LogP contribution in [0.3, 0.4) is 0 Å². The van der Waals surface area contributed by atoms with Gasteiger partial charge in [-0.2, -0.15) is 0 Å². The monoisotopic (exact) mass is 250 g/mol. The molecular formula is C17H14S. The standard InChI is InChI=1S/C17H14S/c1-18-15-9-4-8-14(12-15)17-11-5-7-13-6-2-3-10-16(13)17/h2-12H,1H3. The molecule has 88 valence electrons. The predicted molar refractivity (Wildman–Crippen MR) is 81.2 cm³/mol. The predicted octanol–water partition coefficient (Wildman–Crippen LogP) is 5.23. The quantitative estimate of drug-likeness (QED) is 0.561. The van der Waals surface area contributed by atoms with Gasteiger partial charge in [-0.1, -0.05) is 54.6 Å². The van der Waals surface area contributed by atoms with Crippen molar-refractivity contribution in [1.29, 1.82) is 0 Å². The molecule has 3 aromatic carbocycles. The summed E-state index contributed by atoms with van der Waals surface area (Å²) in [6, 6.07) is 23.8. The van der Waals surface area contributed by atoms with E-state index in [1.54, 1.807) is 11.8 Å². The van der Waals surface area contributed by atoms with E-state index in [2.05, 4.69) is 73.0 Å². The average Bonchev–Trinajstić information content (AvgIpc) is 2.47. The second-order valence-electron chi connectivity index (χ2n) is 4.26. The Labute approximate surface area is 112 Å². The molecule has 3 aromatic rings. The summed E-state index contributed by atoms with van der Waals surface area (Å²) in [5, 5.41) is 2.61. The molecule has 0 radical (unpaired) electrons. The van der Waals surface area contributed by atoms with Crippen molar-refractivity contribution in [2.24, 2.45) is 0 Å². The lowest BCUT2D eigenvalue weighted by atomic mass is 9.98. The van der Waals surface area contributed by atoms with Crippen LogP contribution in [0.25, 0.3) is 21.9 Å². The topological polar surface area (TPSA) is 0 Å². The van der Waals surface area contributed by atoms with Gasteiger partial charge in [-0.15, -0.1) is 11.8 Å². The van der Waals surface area contributed by atoms with E-state index in [1.807, 2.05) is 0 Å². The van der Waals surface area contributed by atoms with Crippen LogP contribution >= 0.6 is 11.8 Å². The van der Waals surface area contributed by atoms with Crippen LogP contribution in [-0.2, 0) is 0 Å². The molecule has 3 rings (SSSR count). The van der Waals surface area contributed by atoms with Gasteiger partial charge in [0.1, 0.15) is 0 Å². The summed E-state index contributed by atoms with van der Waals surface area (Å²) in [6.45, 7) is 0. The molecule has 0 N–H and O–H groups in total. The van der Waals surface area contributed by atoms with E-state index >= 15 is 0 Å². The van der Waals surface area contributed by atoms with Gasteiger partial charge in [-0.3, -0.25) is 0 Å². The molecule has 0 aliphatic carbocycles. The van der Waals surface area contributed by atoms with Crippen LogP contribution in [0.5, 0.6) is 0 Å². The van der Waals surface area contributed by atoms with Crippen LogP contribution in [0.1, 0.15) is 0 Å². The molecule has 0 saturated heterocycles. The highest BCUT2D eigenvalue weighted by atomic mass is 32.2. The van der Waals surface area contributed by atoms with Crippen molar-refractivity contribution in [2.75, 3.05) is 6.26 Å². The molecule has 1 heteroatoms. The summed E-state index contributed by atoms with van der Waals surface area (Å²) in [4.78, 5) is 1.31. The van der Waals surface area contributed by atoms with Crippen LogP contribution in [-0.4, -0.2) is 6.26 Å². The first-order valence-electron chi connectivity index (χ1n) is 6.01. The molecule has 0 aromatic heterocycles. The first-order chi connectivity index (χ1) is 8.88. The van der Waals surface area contributed by atoms with E-state index in [9.17, 15) is 0 Å². The molecule has 0 fully saturated rings. The zero-order valence-corrected chi connectivity index (χ0v) is 11.1. The molecular weight excluding hydrogens is 236 g/mol. The fourth-order valence-corrected chi connectivity index (χ4v) is 2.73. The van der Waals surface area contributed by atoms with Gasteiger partial charge in [-0.05, 0) is 40.3 Å². The van der Waals surface area contributed by atoms with Crippen molar-refractivity contribution in [3.05, 3.63) is 66.7 Å². The lowest BCUT2D eigenvalue weighted by Gasteiger charge is -2.08. The molecule has 0 unspecified atom stereocenters. The van der Waals surface area contributed by atoms with Crippen molar-refractivity contribution in [3.8, 4) is 11.1 Å². The van der Waals surface area contributed by atoms with Crippen molar-refractivity contribution in [2.45, 2.75) is 4.90 Å². The molecule has 0 aliphatic heterocycles. The molecule has 0 bridgehead atoms. The second-order valence-corrected chi connectivity index (χ2v) is 5.14. The average molecular weight is 250 g/mol. The van der Waals surface area contributed by atoms with Gasteiger partial charge in [0.25, 0.3) is 0 Å². The molecule has 0 saturated carbocycles. The third-order valence-electron chi connectivity index (χ3n) is 3.17. The van der Waals surface area contributed by atoms with E-state index in [0.717, 1.165) is 0 Å². The molecule has 18 heavy (non-hydrogen) atoms. The Morgan fingerprint density at radius 1 is 0.778 bits per heavy atom. The normalized spacial score (nSPS) is 10.7. The number of hydrogen-bond acceptors (Lipinski definition) is 1. The highest BCUT2D eigenvalue weighted by Crippen LogP contribution is 2.30. The highest BCUT2D eigenvalue weighted by Gasteiger charge is 2.03. The number of rotatable bonds is 2. The Kier molecular flexibility index (Phi) is 3.07. The Morgan fingerprint density at radius 2 is 1.56 bits per heavy atom. The molecule has 0 atom stereocenters. The lowest BCUT2D eigenvalue weighted by Crippen LogP contribution is -1.81.